The lowest BCUT2D eigenvalue weighted by Crippen LogP contribution is -2.18. The molecule has 1 aromatic carbocycles. The van der Waals surface area contributed by atoms with Crippen LogP contribution in [-0.2, 0) is 0 Å². The van der Waals surface area contributed by atoms with Crippen molar-refractivity contribution in [2.24, 2.45) is 5.10 Å². The molecule has 1 amide bonds. The molecule has 6 nitrogen and oxygen atoms in total. The molecule has 0 unspecified atom stereocenters. The summed E-state index contributed by atoms with van der Waals surface area (Å²) >= 11 is 12.4. The van der Waals surface area contributed by atoms with Crippen molar-refractivity contribution in [3.63, 3.8) is 0 Å². The molecule has 120 valence electrons. The van der Waals surface area contributed by atoms with Gasteiger partial charge >= 0.3 is 0 Å². The number of nitrogens with zero attached hydrogens (tertiary/aromatic N) is 2. The Bertz CT molecular complexity index is 736. The Morgan fingerprint density at radius 1 is 1.30 bits per heavy atom. The van der Waals surface area contributed by atoms with E-state index in [-0.39, 0.29) is 10.7 Å². The van der Waals surface area contributed by atoms with Crippen molar-refractivity contribution in [3.8, 4) is 11.5 Å². The number of pyridine rings is 1. The van der Waals surface area contributed by atoms with E-state index in [0.29, 0.717) is 22.1 Å². The fraction of sp³-hybridized carbons (Fsp3) is 0.133. The monoisotopic (exact) mass is 353 g/mol. The van der Waals surface area contributed by atoms with Crippen molar-refractivity contribution in [3.05, 3.63) is 51.8 Å². The number of ether oxygens (including phenoxy) is 2. The highest BCUT2D eigenvalue weighted by atomic mass is 35.5. The standard InChI is InChI=1S/C15H13Cl2N3O3/c1-22-12-7-10(16)9(13(17)14(12)23-2)8-19-20-15(21)11-5-3-4-6-18-11/h3-8H,1-2H3,(H,20,21)/b19-8+. The third kappa shape index (κ3) is 3.91. The molecular formula is C15H13Cl2N3O3. The molecule has 0 bridgehead atoms. The molecule has 0 aliphatic heterocycles. The minimum Gasteiger partial charge on any atom is -0.493 e. The summed E-state index contributed by atoms with van der Waals surface area (Å²) in [6.07, 6.45) is 2.84. The van der Waals surface area contributed by atoms with Crippen molar-refractivity contribution in [1.82, 2.24) is 10.4 Å². The third-order valence-corrected chi connectivity index (χ3v) is 3.54. The van der Waals surface area contributed by atoms with E-state index < -0.39 is 5.91 Å². The summed E-state index contributed by atoms with van der Waals surface area (Å²) in [5.74, 6) is 0.280. The second kappa shape index (κ2) is 7.80. The molecule has 0 fully saturated rings. The molecule has 1 N–H and O–H groups in total. The first-order valence-electron chi connectivity index (χ1n) is 6.43. The minimum absolute atomic E-state index is 0.229. The fourth-order valence-corrected chi connectivity index (χ4v) is 2.38. The Labute approximate surface area is 143 Å². The van der Waals surface area contributed by atoms with Gasteiger partial charge in [-0.25, -0.2) is 5.43 Å². The number of hydrogen-bond donors (Lipinski definition) is 1. The van der Waals surface area contributed by atoms with Crippen LogP contribution in [0.1, 0.15) is 16.1 Å². The number of rotatable bonds is 5. The van der Waals surface area contributed by atoms with Crippen LogP contribution < -0.4 is 14.9 Å². The van der Waals surface area contributed by atoms with Gasteiger partial charge in [-0.05, 0) is 12.1 Å². The number of aromatic nitrogens is 1. The van der Waals surface area contributed by atoms with E-state index in [0.717, 1.165) is 0 Å². The van der Waals surface area contributed by atoms with E-state index in [1.165, 1.54) is 26.6 Å². The quantitative estimate of drug-likeness (QED) is 0.661. The Hall–Kier alpha value is -2.31. The third-order valence-electron chi connectivity index (χ3n) is 2.86. The molecule has 0 saturated carbocycles. The lowest BCUT2D eigenvalue weighted by molar-refractivity contribution is 0.0950. The summed E-state index contributed by atoms with van der Waals surface area (Å²) in [5.41, 5.74) is 2.99. The summed E-state index contributed by atoms with van der Waals surface area (Å²) in [4.78, 5) is 15.7. The molecule has 0 radical (unpaired) electrons. The van der Waals surface area contributed by atoms with Crippen molar-refractivity contribution < 1.29 is 14.3 Å². The van der Waals surface area contributed by atoms with Crippen LogP contribution in [0.5, 0.6) is 11.5 Å². The molecular weight excluding hydrogens is 341 g/mol. The molecule has 0 spiro atoms. The predicted octanol–water partition coefficient (Wildman–Crippen LogP) is 3.17. The number of benzene rings is 1. The van der Waals surface area contributed by atoms with Gasteiger partial charge in [0.1, 0.15) is 5.69 Å². The lowest BCUT2D eigenvalue weighted by Gasteiger charge is -2.12. The summed E-state index contributed by atoms with van der Waals surface area (Å²) in [6, 6.07) is 6.53. The van der Waals surface area contributed by atoms with Crippen molar-refractivity contribution >= 4 is 35.3 Å². The fourth-order valence-electron chi connectivity index (χ4n) is 1.76. The second-order valence-electron chi connectivity index (χ2n) is 4.24. The van der Waals surface area contributed by atoms with E-state index in [4.69, 9.17) is 32.7 Å². The summed E-state index contributed by atoms with van der Waals surface area (Å²) in [7, 11) is 2.94. The predicted molar refractivity (Wildman–Crippen MR) is 88.9 cm³/mol. The summed E-state index contributed by atoms with van der Waals surface area (Å²) < 4.78 is 10.3. The van der Waals surface area contributed by atoms with Crippen LogP contribution in [0, 0.1) is 0 Å². The number of halogens is 2. The van der Waals surface area contributed by atoms with Crippen LogP contribution in [0.2, 0.25) is 10.0 Å². The minimum atomic E-state index is -0.449. The zero-order valence-electron chi connectivity index (χ0n) is 12.3. The van der Waals surface area contributed by atoms with E-state index >= 15 is 0 Å². The van der Waals surface area contributed by atoms with Gasteiger partial charge in [0, 0.05) is 17.8 Å². The van der Waals surface area contributed by atoms with Gasteiger partial charge in [0.05, 0.1) is 30.5 Å². The van der Waals surface area contributed by atoms with Gasteiger partial charge in [-0.3, -0.25) is 9.78 Å². The van der Waals surface area contributed by atoms with Gasteiger partial charge in [-0.2, -0.15) is 5.10 Å². The topological polar surface area (TPSA) is 72.8 Å². The number of hydrogen-bond acceptors (Lipinski definition) is 5. The molecule has 0 aliphatic carbocycles. The van der Waals surface area contributed by atoms with Crippen LogP contribution >= 0.6 is 23.2 Å². The molecule has 0 aliphatic rings. The first-order chi connectivity index (χ1) is 11.1. The highest BCUT2D eigenvalue weighted by Gasteiger charge is 2.16. The average Bonchev–Trinajstić information content (AvgIpc) is 2.57. The SMILES string of the molecule is COc1cc(Cl)c(/C=N/NC(=O)c2ccccn2)c(Cl)c1OC. The van der Waals surface area contributed by atoms with Crippen molar-refractivity contribution in [2.75, 3.05) is 14.2 Å². The van der Waals surface area contributed by atoms with E-state index in [1.54, 1.807) is 24.3 Å². The maximum Gasteiger partial charge on any atom is 0.289 e. The van der Waals surface area contributed by atoms with Crippen LogP contribution in [0.15, 0.2) is 35.6 Å². The first-order valence-corrected chi connectivity index (χ1v) is 7.18. The van der Waals surface area contributed by atoms with Gasteiger partial charge in [0.15, 0.2) is 11.5 Å². The van der Waals surface area contributed by atoms with Gasteiger partial charge in [0.25, 0.3) is 5.91 Å². The lowest BCUT2D eigenvalue weighted by atomic mass is 10.2. The molecule has 0 saturated heterocycles. The molecule has 8 heteroatoms. The number of hydrazone groups is 1. The molecule has 0 atom stereocenters. The van der Waals surface area contributed by atoms with Crippen LogP contribution in [0.25, 0.3) is 0 Å². The molecule has 1 heterocycles. The van der Waals surface area contributed by atoms with Gasteiger partial charge in [0.2, 0.25) is 0 Å². The molecule has 2 rings (SSSR count). The highest BCUT2D eigenvalue weighted by Crippen LogP contribution is 2.40. The number of amides is 1. The van der Waals surface area contributed by atoms with Crippen LogP contribution in [-0.4, -0.2) is 31.3 Å². The summed E-state index contributed by atoms with van der Waals surface area (Å²) in [6.45, 7) is 0. The number of nitrogens with one attached hydrogen (secondary N) is 1. The number of carbonyl (C=O) groups excluding carboxylic acids is 1. The van der Waals surface area contributed by atoms with E-state index in [1.807, 2.05) is 0 Å². The largest absolute Gasteiger partial charge is 0.493 e. The Kier molecular flexibility index (Phi) is 5.78. The Morgan fingerprint density at radius 2 is 2.09 bits per heavy atom. The van der Waals surface area contributed by atoms with Gasteiger partial charge < -0.3 is 9.47 Å². The van der Waals surface area contributed by atoms with Crippen molar-refractivity contribution in [2.45, 2.75) is 0 Å². The van der Waals surface area contributed by atoms with E-state index in [2.05, 4.69) is 15.5 Å². The highest BCUT2D eigenvalue weighted by molar-refractivity contribution is 6.40. The molecule has 2 aromatic rings. The first kappa shape index (κ1) is 17.1. The summed E-state index contributed by atoms with van der Waals surface area (Å²) in [5, 5.41) is 4.38. The maximum absolute atomic E-state index is 11.8. The molecule has 23 heavy (non-hydrogen) atoms. The zero-order valence-corrected chi connectivity index (χ0v) is 13.9. The van der Waals surface area contributed by atoms with Crippen molar-refractivity contribution in [1.29, 1.82) is 0 Å². The average molecular weight is 354 g/mol. The maximum atomic E-state index is 11.8. The van der Waals surface area contributed by atoms with Crippen LogP contribution in [0.4, 0.5) is 0 Å². The Balaban J connectivity index is 2.21. The van der Waals surface area contributed by atoms with E-state index in [9.17, 15) is 4.79 Å². The zero-order chi connectivity index (χ0) is 16.8. The molecule has 1 aromatic heterocycles. The van der Waals surface area contributed by atoms with Gasteiger partial charge in [-0.1, -0.05) is 29.3 Å². The Morgan fingerprint density at radius 3 is 2.70 bits per heavy atom. The second-order valence-corrected chi connectivity index (χ2v) is 5.02. The van der Waals surface area contributed by atoms with Crippen LogP contribution in [0.3, 0.4) is 0 Å². The smallest absolute Gasteiger partial charge is 0.289 e. The number of methoxy groups -OCH3 is 2. The van der Waals surface area contributed by atoms with Gasteiger partial charge in [-0.15, -0.1) is 0 Å². The number of carbonyl (C=O) groups is 1. The normalized spacial score (nSPS) is 10.6.